The maximum Gasteiger partial charge on any atom is 0.247 e. The van der Waals surface area contributed by atoms with Crippen LogP contribution in [0.2, 0.25) is 5.02 Å². The van der Waals surface area contributed by atoms with Gasteiger partial charge in [-0.25, -0.2) is 8.42 Å². The summed E-state index contributed by atoms with van der Waals surface area (Å²) in [6.45, 7) is 4.07. The van der Waals surface area contributed by atoms with Crippen LogP contribution in [-0.4, -0.2) is 19.3 Å². The summed E-state index contributed by atoms with van der Waals surface area (Å²) < 4.78 is 32.9. The number of rotatable bonds is 2. The molecule has 0 atom stereocenters. The molecule has 0 aliphatic carbocycles. The number of ether oxygens (including phenoxy) is 1. The predicted octanol–water partition coefficient (Wildman–Crippen LogP) is 3.82. The second-order valence-corrected chi connectivity index (χ2v) is 7.23. The van der Waals surface area contributed by atoms with Gasteiger partial charge in [-0.2, -0.15) is 4.31 Å². The van der Waals surface area contributed by atoms with Crippen LogP contribution in [0.1, 0.15) is 5.56 Å². The number of nitrogens with zero attached hydrogens (tertiary/aromatic N) is 1. The molecule has 0 amide bonds. The minimum atomic E-state index is -3.72. The Balaban J connectivity index is 2.25. The highest BCUT2D eigenvalue weighted by molar-refractivity contribution is 7.89. The molecule has 0 unspecified atom stereocenters. The van der Waals surface area contributed by atoms with Gasteiger partial charge >= 0.3 is 0 Å². The van der Waals surface area contributed by atoms with Gasteiger partial charge in [0.15, 0.2) is 0 Å². The molecule has 0 saturated carbocycles. The lowest BCUT2D eigenvalue weighted by atomic mass is 10.2. The van der Waals surface area contributed by atoms with Crippen molar-refractivity contribution < 1.29 is 13.2 Å². The van der Waals surface area contributed by atoms with Crippen molar-refractivity contribution in [3.63, 3.8) is 0 Å². The van der Waals surface area contributed by atoms with E-state index in [1.54, 1.807) is 18.2 Å². The molecule has 3 rings (SSSR count). The van der Waals surface area contributed by atoms with Gasteiger partial charge in [0.05, 0.1) is 0 Å². The van der Waals surface area contributed by atoms with Crippen LogP contribution in [0.4, 0.5) is 0 Å². The maximum atomic E-state index is 12.9. The number of benzene rings is 2. The monoisotopic (exact) mass is 335 g/mol. The van der Waals surface area contributed by atoms with E-state index in [-0.39, 0.29) is 23.7 Å². The maximum absolute atomic E-state index is 12.9. The Morgan fingerprint density at radius 3 is 2.77 bits per heavy atom. The summed E-state index contributed by atoms with van der Waals surface area (Å²) in [5.41, 5.74) is 0.800. The van der Waals surface area contributed by atoms with E-state index >= 15 is 0 Å². The topological polar surface area (TPSA) is 46.6 Å². The number of hydrogen-bond donors (Lipinski definition) is 0. The second-order valence-electron chi connectivity index (χ2n) is 4.89. The van der Waals surface area contributed by atoms with Crippen LogP contribution >= 0.6 is 11.6 Å². The Kier molecular flexibility index (Phi) is 3.95. The van der Waals surface area contributed by atoms with Gasteiger partial charge in [0.2, 0.25) is 10.0 Å². The molecule has 1 aliphatic rings. The number of halogens is 1. The standard InChI is InChI=1S/C16H14ClNO3S/c1-2-9-18-11-12-5-3-4-6-14(12)21-15-8-7-13(17)10-16(15)22(18,19)20/h2-8,10H,1,9,11H2. The van der Waals surface area contributed by atoms with Crippen molar-refractivity contribution in [2.75, 3.05) is 6.54 Å². The van der Waals surface area contributed by atoms with Crippen molar-refractivity contribution in [2.45, 2.75) is 11.4 Å². The fourth-order valence-electron chi connectivity index (χ4n) is 2.34. The van der Waals surface area contributed by atoms with Crippen LogP contribution in [0.15, 0.2) is 60.0 Å². The van der Waals surface area contributed by atoms with Crippen molar-refractivity contribution >= 4 is 21.6 Å². The number of hydrogen-bond acceptors (Lipinski definition) is 3. The molecule has 0 radical (unpaired) electrons. The fourth-order valence-corrected chi connectivity index (χ4v) is 4.11. The van der Waals surface area contributed by atoms with Gasteiger partial charge in [-0.15, -0.1) is 6.58 Å². The van der Waals surface area contributed by atoms with Gasteiger partial charge in [-0.05, 0) is 24.3 Å². The van der Waals surface area contributed by atoms with Crippen LogP contribution < -0.4 is 4.74 Å². The van der Waals surface area contributed by atoms with Crippen molar-refractivity contribution in [3.05, 3.63) is 65.7 Å². The van der Waals surface area contributed by atoms with Gasteiger partial charge in [-0.3, -0.25) is 0 Å². The lowest BCUT2D eigenvalue weighted by molar-refractivity contribution is 0.399. The molecule has 0 spiro atoms. The predicted molar refractivity (Wildman–Crippen MR) is 85.8 cm³/mol. The molecule has 0 bridgehead atoms. The molecule has 0 N–H and O–H groups in total. The molecule has 1 heterocycles. The fraction of sp³-hybridized carbons (Fsp3) is 0.125. The summed E-state index contributed by atoms with van der Waals surface area (Å²) in [5.74, 6) is 0.903. The first-order valence-electron chi connectivity index (χ1n) is 6.69. The average Bonchev–Trinajstić information content (AvgIpc) is 2.49. The highest BCUT2D eigenvalue weighted by Gasteiger charge is 2.30. The van der Waals surface area contributed by atoms with Crippen molar-refractivity contribution in [1.29, 1.82) is 0 Å². The number of fused-ring (bicyclic) bond motifs is 2. The van der Waals surface area contributed by atoms with Crippen LogP contribution in [-0.2, 0) is 16.6 Å². The third-order valence-electron chi connectivity index (χ3n) is 3.40. The van der Waals surface area contributed by atoms with E-state index in [4.69, 9.17) is 16.3 Å². The van der Waals surface area contributed by atoms with Gasteiger partial charge in [0, 0.05) is 23.7 Å². The molecule has 2 aromatic rings. The Labute approximate surface area is 134 Å². The summed E-state index contributed by atoms with van der Waals surface area (Å²) in [7, 11) is -3.72. The largest absolute Gasteiger partial charge is 0.456 e. The minimum absolute atomic E-state index is 0.0661. The third kappa shape index (κ3) is 2.63. The molecular formula is C16H14ClNO3S. The Hall–Kier alpha value is -1.82. The molecule has 114 valence electrons. The quantitative estimate of drug-likeness (QED) is 0.784. The summed E-state index contributed by atoms with van der Waals surface area (Å²) in [6, 6.07) is 12.0. The Morgan fingerprint density at radius 2 is 2.00 bits per heavy atom. The van der Waals surface area contributed by atoms with Crippen LogP contribution in [0.3, 0.4) is 0 Å². The molecule has 1 aliphatic heterocycles. The number of para-hydroxylation sites is 1. The molecule has 6 heteroatoms. The zero-order valence-electron chi connectivity index (χ0n) is 11.7. The molecule has 0 fully saturated rings. The van der Waals surface area contributed by atoms with Gasteiger partial charge in [0.1, 0.15) is 16.4 Å². The summed E-state index contributed by atoms with van der Waals surface area (Å²) >= 11 is 5.96. The van der Waals surface area contributed by atoms with E-state index in [9.17, 15) is 8.42 Å². The smallest absolute Gasteiger partial charge is 0.247 e. The van der Waals surface area contributed by atoms with Crippen molar-refractivity contribution in [2.24, 2.45) is 0 Å². The lowest BCUT2D eigenvalue weighted by Crippen LogP contribution is -2.32. The lowest BCUT2D eigenvalue weighted by Gasteiger charge is -2.26. The first kappa shape index (κ1) is 15.1. The van der Waals surface area contributed by atoms with Gasteiger partial charge < -0.3 is 4.74 Å². The molecule has 4 nitrogen and oxygen atoms in total. The van der Waals surface area contributed by atoms with E-state index in [1.807, 2.05) is 24.3 Å². The van der Waals surface area contributed by atoms with Crippen molar-refractivity contribution in [1.82, 2.24) is 4.31 Å². The van der Waals surface area contributed by atoms with Gasteiger partial charge in [0.25, 0.3) is 0 Å². The second kappa shape index (κ2) is 5.76. The van der Waals surface area contributed by atoms with Crippen molar-refractivity contribution in [3.8, 4) is 11.5 Å². The summed E-state index contributed by atoms with van der Waals surface area (Å²) in [4.78, 5) is 0.0661. The van der Waals surface area contributed by atoms with E-state index in [0.717, 1.165) is 5.56 Å². The third-order valence-corrected chi connectivity index (χ3v) is 5.46. The summed E-state index contributed by atoms with van der Waals surface area (Å²) in [5, 5.41) is 0.346. The van der Waals surface area contributed by atoms with Crippen LogP contribution in [0.25, 0.3) is 0 Å². The molecule has 0 aromatic heterocycles. The zero-order valence-corrected chi connectivity index (χ0v) is 13.3. The Bertz CT molecular complexity index is 833. The molecule has 0 saturated heterocycles. The van der Waals surface area contributed by atoms with Crippen LogP contribution in [0.5, 0.6) is 11.5 Å². The zero-order chi connectivity index (χ0) is 15.7. The highest BCUT2D eigenvalue weighted by atomic mass is 35.5. The molecular weight excluding hydrogens is 322 g/mol. The highest BCUT2D eigenvalue weighted by Crippen LogP contribution is 2.37. The molecule has 22 heavy (non-hydrogen) atoms. The normalized spacial score (nSPS) is 16.6. The van der Waals surface area contributed by atoms with E-state index in [1.165, 1.54) is 10.4 Å². The summed E-state index contributed by atoms with van der Waals surface area (Å²) in [6.07, 6.45) is 1.56. The van der Waals surface area contributed by atoms with Gasteiger partial charge in [-0.1, -0.05) is 35.9 Å². The van der Waals surface area contributed by atoms with E-state index in [2.05, 4.69) is 6.58 Å². The van der Waals surface area contributed by atoms with Crippen LogP contribution in [0, 0.1) is 0 Å². The number of sulfonamides is 1. The first-order valence-corrected chi connectivity index (χ1v) is 8.50. The SMILES string of the molecule is C=CCN1Cc2ccccc2Oc2ccc(Cl)cc2S1(=O)=O. The molecule has 2 aromatic carbocycles. The average molecular weight is 336 g/mol. The van der Waals surface area contributed by atoms with E-state index in [0.29, 0.717) is 10.8 Å². The Morgan fingerprint density at radius 1 is 1.23 bits per heavy atom. The van der Waals surface area contributed by atoms with E-state index < -0.39 is 10.0 Å². The minimum Gasteiger partial charge on any atom is -0.456 e. The first-order chi connectivity index (χ1) is 10.5.